The average molecular weight is 393 g/mol. The molecular weight excluding hydrogens is 375 g/mol. The molecule has 0 saturated carbocycles. The Morgan fingerprint density at radius 2 is 2.08 bits per heavy atom. The fourth-order valence-electron chi connectivity index (χ4n) is 3.96. The molecule has 0 aromatic carbocycles. The molecule has 1 amide bonds. The van der Waals surface area contributed by atoms with Crippen LogP contribution in [0.15, 0.2) is 29.5 Å². The van der Waals surface area contributed by atoms with E-state index in [1.54, 1.807) is 23.0 Å². The molecule has 0 radical (unpaired) electrons. The van der Waals surface area contributed by atoms with Crippen molar-refractivity contribution < 1.29 is 4.79 Å². The normalized spacial score (nSPS) is 21.9. The number of imidazole rings is 1. The van der Waals surface area contributed by atoms with Crippen LogP contribution in [-0.2, 0) is 18.4 Å². The van der Waals surface area contributed by atoms with Gasteiger partial charge in [0.1, 0.15) is 5.02 Å². The molecule has 8 heteroatoms. The summed E-state index contributed by atoms with van der Waals surface area (Å²) in [7, 11) is 1.88. The summed E-state index contributed by atoms with van der Waals surface area (Å²) < 4.78 is 3.52. The van der Waals surface area contributed by atoms with Crippen LogP contribution < -0.4 is 5.56 Å². The van der Waals surface area contributed by atoms with E-state index in [9.17, 15) is 9.59 Å². The molecule has 2 aromatic rings. The van der Waals surface area contributed by atoms with Crippen molar-refractivity contribution in [1.82, 2.24) is 19.0 Å². The molecule has 0 unspecified atom stereocenters. The lowest BCUT2D eigenvalue weighted by Crippen LogP contribution is -2.49. The fourth-order valence-corrected chi connectivity index (χ4v) is 4.60. The number of rotatable bonds is 2. The van der Waals surface area contributed by atoms with Crippen molar-refractivity contribution in [2.75, 3.05) is 13.1 Å². The molecular formula is C18H18Cl2N4O2. The van der Waals surface area contributed by atoms with Gasteiger partial charge < -0.3 is 14.0 Å². The molecule has 1 saturated heterocycles. The van der Waals surface area contributed by atoms with Crippen LogP contribution >= 0.6 is 23.2 Å². The lowest BCUT2D eigenvalue weighted by atomic mass is 9.83. The number of likely N-dealkylation sites (tertiary alicyclic amines) is 1. The zero-order valence-corrected chi connectivity index (χ0v) is 15.7. The van der Waals surface area contributed by atoms with Crippen LogP contribution in [0.2, 0.25) is 10.0 Å². The Morgan fingerprint density at radius 3 is 2.81 bits per heavy atom. The highest BCUT2D eigenvalue weighted by Crippen LogP contribution is 2.39. The zero-order valence-electron chi connectivity index (χ0n) is 14.2. The molecule has 0 N–H and O–H groups in total. The number of halogens is 2. The van der Waals surface area contributed by atoms with Gasteiger partial charge in [-0.15, -0.1) is 0 Å². The zero-order chi connectivity index (χ0) is 18.4. The second-order valence-electron chi connectivity index (χ2n) is 6.98. The van der Waals surface area contributed by atoms with Crippen molar-refractivity contribution in [3.63, 3.8) is 0 Å². The van der Waals surface area contributed by atoms with Crippen LogP contribution in [0.5, 0.6) is 0 Å². The summed E-state index contributed by atoms with van der Waals surface area (Å²) in [5, 5.41) is 0.640. The summed E-state index contributed by atoms with van der Waals surface area (Å²) in [6.07, 6.45) is 7.74. The topological polar surface area (TPSA) is 60.1 Å². The minimum absolute atomic E-state index is 0.0483. The van der Waals surface area contributed by atoms with Gasteiger partial charge in [0.15, 0.2) is 0 Å². The van der Waals surface area contributed by atoms with Gasteiger partial charge in [0, 0.05) is 50.6 Å². The van der Waals surface area contributed by atoms with Crippen molar-refractivity contribution >= 4 is 35.2 Å². The van der Waals surface area contributed by atoms with Gasteiger partial charge in [-0.1, -0.05) is 23.2 Å². The molecule has 1 fully saturated rings. The fraction of sp³-hybridized carbons (Fsp3) is 0.389. The van der Waals surface area contributed by atoms with Crippen LogP contribution in [0.3, 0.4) is 0 Å². The number of hydrogen-bond donors (Lipinski definition) is 0. The Bertz CT molecular complexity index is 963. The molecule has 2 aromatic heterocycles. The number of amides is 1. The molecule has 6 nitrogen and oxygen atoms in total. The number of carbonyl (C=O) groups is 1. The highest BCUT2D eigenvalue weighted by Gasteiger charge is 2.37. The number of nitrogens with zero attached hydrogens (tertiary/aromatic N) is 4. The maximum Gasteiger partial charge on any atom is 0.269 e. The summed E-state index contributed by atoms with van der Waals surface area (Å²) in [4.78, 5) is 31.0. The van der Waals surface area contributed by atoms with Crippen LogP contribution in [0.25, 0.3) is 6.08 Å². The quantitative estimate of drug-likeness (QED) is 0.737. The molecule has 4 heterocycles. The Labute approximate surface area is 160 Å². The summed E-state index contributed by atoms with van der Waals surface area (Å²) in [6, 6.07) is 1.51. The molecule has 2 aliphatic heterocycles. The van der Waals surface area contributed by atoms with Crippen molar-refractivity contribution in [3.05, 3.63) is 56.5 Å². The maximum absolute atomic E-state index is 12.6. The van der Waals surface area contributed by atoms with Gasteiger partial charge >= 0.3 is 0 Å². The predicted octanol–water partition coefficient (Wildman–Crippen LogP) is 2.55. The van der Waals surface area contributed by atoms with Gasteiger partial charge in [0.2, 0.25) is 5.91 Å². The van der Waals surface area contributed by atoms with Crippen molar-refractivity contribution in [2.24, 2.45) is 13.0 Å². The molecule has 26 heavy (non-hydrogen) atoms. The van der Waals surface area contributed by atoms with E-state index in [4.69, 9.17) is 23.2 Å². The first-order chi connectivity index (χ1) is 12.4. The monoisotopic (exact) mass is 392 g/mol. The van der Waals surface area contributed by atoms with Gasteiger partial charge in [0.05, 0.1) is 17.0 Å². The first-order valence-corrected chi connectivity index (χ1v) is 9.21. The molecule has 0 aliphatic carbocycles. The number of carbonyl (C=O) groups excluding carboxylic acids is 1. The Hall–Kier alpha value is -2.05. The highest BCUT2D eigenvalue weighted by molar-refractivity contribution is 6.34. The number of aromatic nitrogens is 3. The van der Waals surface area contributed by atoms with E-state index in [1.807, 2.05) is 22.7 Å². The van der Waals surface area contributed by atoms with Crippen LogP contribution in [0.4, 0.5) is 0 Å². The second-order valence-corrected chi connectivity index (χ2v) is 7.79. The number of fused-ring (bicyclic) bond motifs is 4. The molecule has 2 bridgehead atoms. The Morgan fingerprint density at radius 1 is 1.27 bits per heavy atom. The second kappa shape index (κ2) is 6.59. The lowest BCUT2D eigenvalue weighted by Gasteiger charge is -2.42. The van der Waals surface area contributed by atoms with Crippen molar-refractivity contribution in [3.8, 4) is 0 Å². The van der Waals surface area contributed by atoms with Gasteiger partial charge in [-0.2, -0.15) is 0 Å². The number of pyridine rings is 1. The summed E-state index contributed by atoms with van der Waals surface area (Å²) in [5.74, 6) is 0.221. The maximum atomic E-state index is 12.6. The molecule has 0 spiro atoms. The lowest BCUT2D eigenvalue weighted by molar-refractivity contribution is -0.128. The number of aryl methyl sites for hydroxylation is 1. The average Bonchev–Trinajstić information content (AvgIpc) is 3.02. The first kappa shape index (κ1) is 17.4. The predicted molar refractivity (Wildman–Crippen MR) is 100 cm³/mol. The summed E-state index contributed by atoms with van der Waals surface area (Å²) >= 11 is 12.4. The smallest absolute Gasteiger partial charge is 0.269 e. The number of hydrogen-bond acceptors (Lipinski definition) is 3. The Balaban J connectivity index is 1.57. The molecule has 4 rings (SSSR count). The van der Waals surface area contributed by atoms with E-state index >= 15 is 0 Å². The molecule has 2 aliphatic rings. The van der Waals surface area contributed by atoms with Gasteiger partial charge in [-0.05, 0) is 24.5 Å². The number of piperidine rings is 1. The van der Waals surface area contributed by atoms with E-state index in [0.29, 0.717) is 24.7 Å². The first-order valence-electron chi connectivity index (χ1n) is 8.46. The summed E-state index contributed by atoms with van der Waals surface area (Å²) in [6.45, 7) is 1.71. The van der Waals surface area contributed by atoms with Crippen LogP contribution in [0, 0.1) is 5.92 Å². The standard InChI is InChI=1S/C18H18Cl2N4O2/c1-22-9-13(21-10-22)2-3-16(25)23-6-11-4-12(8-23)17-14(19)5-15(20)18(26)24(17)7-11/h2-3,5,9-12H,4,6-8H2,1H3/b3-2+/t11-,12+/m0/s1. The highest BCUT2D eigenvalue weighted by atomic mass is 35.5. The Kier molecular flexibility index (Phi) is 4.40. The minimum Gasteiger partial charge on any atom is -0.340 e. The van der Waals surface area contributed by atoms with Gasteiger partial charge in [0.25, 0.3) is 5.56 Å². The SMILES string of the molecule is Cn1cnc(/C=C/C(=O)N2C[C@@H]3C[C@H](C2)c2c(Cl)cc(Cl)c(=O)n2C3)c1. The van der Waals surface area contributed by atoms with E-state index < -0.39 is 0 Å². The van der Waals surface area contributed by atoms with E-state index in [0.717, 1.165) is 17.8 Å². The van der Waals surface area contributed by atoms with E-state index in [2.05, 4.69) is 4.98 Å². The molecule has 136 valence electrons. The van der Waals surface area contributed by atoms with Crippen molar-refractivity contribution in [1.29, 1.82) is 0 Å². The van der Waals surface area contributed by atoms with Crippen molar-refractivity contribution in [2.45, 2.75) is 18.9 Å². The van der Waals surface area contributed by atoms with Gasteiger partial charge in [-0.3, -0.25) is 9.59 Å². The minimum atomic E-state index is -0.199. The summed E-state index contributed by atoms with van der Waals surface area (Å²) in [5.41, 5.74) is 1.34. The van der Waals surface area contributed by atoms with Crippen LogP contribution in [-0.4, -0.2) is 38.0 Å². The van der Waals surface area contributed by atoms with E-state index in [1.165, 1.54) is 6.07 Å². The third-order valence-corrected chi connectivity index (χ3v) is 5.61. The van der Waals surface area contributed by atoms with Crippen LogP contribution in [0.1, 0.15) is 23.7 Å². The third-order valence-electron chi connectivity index (χ3n) is 5.04. The van der Waals surface area contributed by atoms with Gasteiger partial charge in [-0.25, -0.2) is 4.98 Å². The molecule has 2 atom stereocenters. The largest absolute Gasteiger partial charge is 0.340 e. The van der Waals surface area contributed by atoms with E-state index in [-0.39, 0.29) is 28.3 Å². The third kappa shape index (κ3) is 3.08.